The summed E-state index contributed by atoms with van der Waals surface area (Å²) in [6, 6.07) is 13.3. The van der Waals surface area contributed by atoms with Gasteiger partial charge in [0.25, 0.3) is 5.91 Å². The first-order chi connectivity index (χ1) is 18.8. The molecule has 2 aromatic rings. The van der Waals surface area contributed by atoms with Crippen molar-refractivity contribution >= 4 is 46.5 Å². The van der Waals surface area contributed by atoms with Gasteiger partial charge in [-0.1, -0.05) is 11.6 Å². The summed E-state index contributed by atoms with van der Waals surface area (Å²) in [5.41, 5.74) is 9.20. The molecule has 3 heterocycles. The van der Waals surface area contributed by atoms with Gasteiger partial charge in [-0.05, 0) is 73.6 Å². The molecule has 1 saturated carbocycles. The van der Waals surface area contributed by atoms with Crippen LogP contribution in [0.3, 0.4) is 0 Å². The molecule has 0 atom stereocenters. The first-order valence-electron chi connectivity index (χ1n) is 13.8. The van der Waals surface area contributed by atoms with Crippen LogP contribution in [0.5, 0.6) is 0 Å². The summed E-state index contributed by atoms with van der Waals surface area (Å²) < 4.78 is 0. The van der Waals surface area contributed by atoms with Crippen molar-refractivity contribution in [2.24, 2.45) is 5.41 Å². The summed E-state index contributed by atoms with van der Waals surface area (Å²) in [6.45, 7) is 5.96. The van der Waals surface area contributed by atoms with Crippen molar-refractivity contribution in [2.75, 3.05) is 61.3 Å². The summed E-state index contributed by atoms with van der Waals surface area (Å²) in [6.07, 6.45) is 4.68. The quantitative estimate of drug-likeness (QED) is 0.564. The van der Waals surface area contributed by atoms with Crippen LogP contribution in [-0.2, 0) is 4.79 Å². The molecule has 1 spiro atoms. The van der Waals surface area contributed by atoms with Gasteiger partial charge >= 0.3 is 6.03 Å². The van der Waals surface area contributed by atoms with E-state index in [-0.39, 0.29) is 24.8 Å². The molecule has 1 aliphatic carbocycles. The van der Waals surface area contributed by atoms with E-state index in [1.165, 1.54) is 23.4 Å². The molecule has 4 amide bonds. The van der Waals surface area contributed by atoms with Crippen LogP contribution in [0.2, 0.25) is 5.02 Å². The summed E-state index contributed by atoms with van der Waals surface area (Å²) in [7, 11) is 0. The minimum Gasteiger partial charge on any atom is -0.399 e. The third kappa shape index (κ3) is 5.17. The first kappa shape index (κ1) is 26.0. The van der Waals surface area contributed by atoms with Crippen LogP contribution in [0.15, 0.2) is 42.5 Å². The fraction of sp³-hybridized carbons (Fsp3) is 0.483. The van der Waals surface area contributed by atoms with Crippen molar-refractivity contribution in [2.45, 2.75) is 38.1 Å². The third-order valence-corrected chi connectivity index (χ3v) is 9.39. The lowest BCUT2D eigenvalue weighted by Crippen LogP contribution is -2.59. The van der Waals surface area contributed by atoms with Gasteiger partial charge in [-0.25, -0.2) is 4.79 Å². The number of nitrogens with two attached hydrogens (primary N) is 1. The van der Waals surface area contributed by atoms with Gasteiger partial charge < -0.3 is 15.5 Å². The van der Waals surface area contributed by atoms with Crippen molar-refractivity contribution in [1.29, 1.82) is 0 Å². The number of rotatable bonds is 4. The number of piperazine rings is 1. The lowest BCUT2D eigenvalue weighted by atomic mass is 9.60. The van der Waals surface area contributed by atoms with E-state index < -0.39 is 6.03 Å². The van der Waals surface area contributed by atoms with Gasteiger partial charge in [0.15, 0.2) is 0 Å². The maximum atomic E-state index is 13.4. The number of anilines is 3. The van der Waals surface area contributed by atoms with Crippen LogP contribution in [0.1, 0.15) is 42.5 Å². The molecule has 2 aromatic carbocycles. The Hall–Kier alpha value is -3.30. The lowest BCUT2D eigenvalue weighted by molar-refractivity contribution is -0.120. The van der Waals surface area contributed by atoms with E-state index in [1.807, 2.05) is 17.0 Å². The van der Waals surface area contributed by atoms with Crippen LogP contribution in [0, 0.1) is 5.41 Å². The minimum atomic E-state index is -0.510. The fourth-order valence-corrected chi connectivity index (χ4v) is 6.87. The molecule has 4 aliphatic rings. The molecule has 0 aromatic heterocycles. The van der Waals surface area contributed by atoms with Gasteiger partial charge in [0.1, 0.15) is 0 Å². The van der Waals surface area contributed by atoms with Crippen molar-refractivity contribution in [3.05, 3.63) is 53.1 Å². The fourth-order valence-electron chi connectivity index (χ4n) is 6.65. The second-order valence-electron chi connectivity index (χ2n) is 11.4. The third-order valence-electron chi connectivity index (χ3n) is 9.08. The number of nitrogens with one attached hydrogen (secondary N) is 1. The molecule has 3 aliphatic heterocycles. The van der Waals surface area contributed by atoms with Gasteiger partial charge in [-0.15, -0.1) is 0 Å². The van der Waals surface area contributed by atoms with Crippen molar-refractivity contribution in [3.63, 3.8) is 0 Å². The summed E-state index contributed by atoms with van der Waals surface area (Å²) in [4.78, 5) is 45.6. The zero-order valence-corrected chi connectivity index (χ0v) is 22.8. The number of amides is 4. The molecule has 3 saturated heterocycles. The van der Waals surface area contributed by atoms with E-state index in [0.717, 1.165) is 57.8 Å². The highest BCUT2D eigenvalue weighted by Gasteiger charge is 2.48. The van der Waals surface area contributed by atoms with Crippen LogP contribution < -0.4 is 20.9 Å². The Bertz CT molecular complexity index is 1260. The number of nitrogen functional groups attached to an aromatic ring is 1. The van der Waals surface area contributed by atoms with E-state index in [4.69, 9.17) is 17.3 Å². The van der Waals surface area contributed by atoms with Gasteiger partial charge in [0, 0.05) is 75.2 Å². The standard InChI is InChI=1S/C29H35ClN6O3/c30-24-6-1-20(17-25(24)36-10-7-26(37)32-28(36)39)27(38)35-11-8-29(9-12-35)18-23(19-29)34-15-13-33(14-16-34)22-4-2-21(31)3-5-22/h1-6,17,23H,7-16,18-19,31H2,(H,32,37,39). The number of benzene rings is 2. The average Bonchev–Trinajstić information content (AvgIpc) is 2.93. The van der Waals surface area contributed by atoms with Crippen LogP contribution in [-0.4, -0.2) is 79.5 Å². The topological polar surface area (TPSA) is 102 Å². The average molecular weight is 551 g/mol. The number of nitrogens with zero attached hydrogens (tertiary/aromatic N) is 4. The Morgan fingerprint density at radius 1 is 0.923 bits per heavy atom. The summed E-state index contributed by atoms with van der Waals surface area (Å²) in [5, 5.41) is 2.69. The Labute approximate surface area is 233 Å². The number of urea groups is 1. The smallest absolute Gasteiger partial charge is 0.328 e. The molecular weight excluding hydrogens is 516 g/mol. The number of hydrogen-bond acceptors (Lipinski definition) is 6. The van der Waals surface area contributed by atoms with Gasteiger partial charge in [0.05, 0.1) is 10.7 Å². The molecule has 6 rings (SSSR count). The monoisotopic (exact) mass is 550 g/mol. The van der Waals surface area contributed by atoms with E-state index in [9.17, 15) is 14.4 Å². The molecule has 10 heteroatoms. The second-order valence-corrected chi connectivity index (χ2v) is 11.8. The number of piperidine rings is 1. The number of carbonyl (C=O) groups excluding carboxylic acids is 3. The molecule has 39 heavy (non-hydrogen) atoms. The zero-order chi connectivity index (χ0) is 27.1. The lowest BCUT2D eigenvalue weighted by Gasteiger charge is -2.56. The maximum absolute atomic E-state index is 13.4. The van der Waals surface area contributed by atoms with Gasteiger partial charge in [-0.2, -0.15) is 0 Å². The van der Waals surface area contributed by atoms with Crippen molar-refractivity contribution in [1.82, 2.24) is 15.1 Å². The van der Waals surface area contributed by atoms with Crippen molar-refractivity contribution < 1.29 is 14.4 Å². The molecule has 3 N–H and O–H groups in total. The highest BCUT2D eigenvalue weighted by molar-refractivity contribution is 6.34. The van der Waals surface area contributed by atoms with Crippen LogP contribution >= 0.6 is 11.6 Å². The Balaban J connectivity index is 1.01. The largest absolute Gasteiger partial charge is 0.399 e. The normalized spacial score (nSPS) is 22.1. The van der Waals surface area contributed by atoms with Gasteiger partial charge in [-0.3, -0.25) is 24.7 Å². The molecule has 9 nitrogen and oxygen atoms in total. The zero-order valence-electron chi connectivity index (χ0n) is 22.1. The molecule has 0 radical (unpaired) electrons. The Kier molecular flexibility index (Phi) is 6.89. The van der Waals surface area contributed by atoms with E-state index in [0.29, 0.717) is 27.7 Å². The molecule has 206 valence electrons. The highest BCUT2D eigenvalue weighted by Crippen LogP contribution is 2.51. The number of hydrogen-bond donors (Lipinski definition) is 2. The van der Waals surface area contributed by atoms with E-state index in [1.54, 1.807) is 18.2 Å². The SMILES string of the molecule is Nc1ccc(N2CCN(C3CC4(CCN(C(=O)c5ccc(Cl)c(N6CCC(=O)NC6=O)c5)CC4)C3)CC2)cc1. The second kappa shape index (κ2) is 10.4. The molecule has 0 unspecified atom stereocenters. The van der Waals surface area contributed by atoms with Crippen LogP contribution in [0.4, 0.5) is 21.9 Å². The molecular formula is C29H35ClN6O3. The maximum Gasteiger partial charge on any atom is 0.328 e. The van der Waals surface area contributed by atoms with Crippen LogP contribution in [0.25, 0.3) is 0 Å². The number of imide groups is 1. The van der Waals surface area contributed by atoms with E-state index in [2.05, 4.69) is 27.2 Å². The Morgan fingerprint density at radius 3 is 2.28 bits per heavy atom. The summed E-state index contributed by atoms with van der Waals surface area (Å²) in [5.74, 6) is -0.341. The predicted octanol–water partition coefficient (Wildman–Crippen LogP) is 3.58. The van der Waals surface area contributed by atoms with E-state index >= 15 is 0 Å². The Morgan fingerprint density at radius 2 is 1.62 bits per heavy atom. The molecule has 0 bridgehead atoms. The highest BCUT2D eigenvalue weighted by atomic mass is 35.5. The van der Waals surface area contributed by atoms with Gasteiger partial charge in [0.2, 0.25) is 5.91 Å². The first-order valence-corrected chi connectivity index (χ1v) is 14.2. The minimum absolute atomic E-state index is 0.0362. The number of carbonyl (C=O) groups is 3. The molecule has 4 fully saturated rings. The number of likely N-dealkylation sites (tertiary alicyclic amines) is 1. The number of halogens is 1. The summed E-state index contributed by atoms with van der Waals surface area (Å²) >= 11 is 6.37. The van der Waals surface area contributed by atoms with Crippen molar-refractivity contribution in [3.8, 4) is 0 Å². The predicted molar refractivity (Wildman–Crippen MR) is 152 cm³/mol.